The van der Waals surface area contributed by atoms with E-state index in [1.807, 2.05) is 72.4 Å². The largest absolute Gasteiger partial charge is 0.497 e. The Hall–Kier alpha value is -4.04. The molecule has 5 aromatic rings. The molecule has 5 nitrogen and oxygen atoms in total. The zero-order chi connectivity index (χ0) is 29.0. The highest BCUT2D eigenvalue weighted by Crippen LogP contribution is 2.22. The number of carbonyl (C=O) groups is 1. The monoisotopic (exact) mass is 591 g/mol. The van der Waals surface area contributed by atoms with Crippen LogP contribution in [0.3, 0.4) is 0 Å². The van der Waals surface area contributed by atoms with E-state index in [1.165, 1.54) is 28.0 Å². The van der Waals surface area contributed by atoms with E-state index in [-0.39, 0.29) is 5.91 Å². The maximum absolute atomic E-state index is 12.7. The first-order valence-corrected chi connectivity index (χ1v) is 15.6. The Morgan fingerprint density at radius 2 is 1.55 bits per heavy atom. The smallest absolute Gasteiger partial charge is 0.261 e. The number of rotatable bonds is 13. The van der Waals surface area contributed by atoms with Crippen LogP contribution in [0.25, 0.3) is 11.3 Å². The van der Waals surface area contributed by atoms with Gasteiger partial charge in [0.1, 0.15) is 5.75 Å². The van der Waals surface area contributed by atoms with Gasteiger partial charge in [0, 0.05) is 52.5 Å². The van der Waals surface area contributed by atoms with Crippen LogP contribution >= 0.6 is 23.7 Å². The van der Waals surface area contributed by atoms with Crippen LogP contribution in [0.2, 0.25) is 0 Å². The molecule has 0 radical (unpaired) electrons. The molecule has 1 amide bonds. The van der Waals surface area contributed by atoms with Crippen molar-refractivity contribution in [3.05, 3.63) is 144 Å². The molecule has 5 rings (SSSR count). The molecule has 0 bridgehead atoms. The van der Waals surface area contributed by atoms with Crippen LogP contribution in [0.5, 0.6) is 5.75 Å². The summed E-state index contributed by atoms with van der Waals surface area (Å²) in [5.41, 5.74) is 4.93. The molecule has 0 aliphatic heterocycles. The molecular formula is C35H33N3O2S2. The average Bonchev–Trinajstić information content (AvgIpc) is 3.05. The second-order valence-corrected chi connectivity index (χ2v) is 11.7. The van der Waals surface area contributed by atoms with Crippen LogP contribution in [0.15, 0.2) is 137 Å². The van der Waals surface area contributed by atoms with Crippen LogP contribution in [-0.4, -0.2) is 35.2 Å². The maximum atomic E-state index is 12.7. The van der Waals surface area contributed by atoms with Crippen molar-refractivity contribution in [2.24, 2.45) is 0 Å². The van der Waals surface area contributed by atoms with Gasteiger partial charge in [-0.1, -0.05) is 60.7 Å². The number of thioether (sulfide) groups is 1. The molecule has 0 fully saturated rings. The molecule has 0 aliphatic rings. The summed E-state index contributed by atoms with van der Waals surface area (Å²) < 4.78 is 8.40. The van der Waals surface area contributed by atoms with Crippen molar-refractivity contribution in [1.29, 1.82) is 0 Å². The third-order valence-corrected chi connectivity index (χ3v) is 8.45. The molecule has 1 aromatic heterocycles. The maximum Gasteiger partial charge on any atom is 0.261 e. The van der Waals surface area contributed by atoms with Gasteiger partial charge in [0.05, 0.1) is 12.8 Å². The number of benzene rings is 4. The lowest BCUT2D eigenvalue weighted by atomic mass is 10.1. The third kappa shape index (κ3) is 8.73. The van der Waals surface area contributed by atoms with E-state index in [0.29, 0.717) is 5.56 Å². The standard InChI is InChI=1S/C35H33N3O2S2/c1-40-31-9-7-8-28(24-31)26-38(22-23-41-32-10-3-2-4-11-32)25-27-13-19-33(20-14-27)42-37-35(39)30-17-15-29(16-18-30)34-12-5-6-21-36-34/h2-21,24H,22-23,25-26H2,1H3,(H,37,39). The Balaban J connectivity index is 1.17. The highest BCUT2D eigenvalue weighted by molar-refractivity contribution is 7.99. The van der Waals surface area contributed by atoms with E-state index in [1.54, 1.807) is 13.3 Å². The quantitative estimate of drug-likeness (QED) is 0.111. The number of hydrogen-bond acceptors (Lipinski definition) is 6. The van der Waals surface area contributed by atoms with Crippen molar-refractivity contribution in [3.8, 4) is 17.0 Å². The molecule has 0 saturated heterocycles. The number of aromatic nitrogens is 1. The van der Waals surface area contributed by atoms with Crippen LogP contribution < -0.4 is 9.46 Å². The average molecular weight is 592 g/mol. The van der Waals surface area contributed by atoms with Gasteiger partial charge in [0.15, 0.2) is 0 Å². The molecule has 212 valence electrons. The first kappa shape index (κ1) is 29.5. The Bertz CT molecular complexity index is 1550. The van der Waals surface area contributed by atoms with Crippen LogP contribution in [0.1, 0.15) is 21.5 Å². The molecule has 0 saturated carbocycles. The minimum atomic E-state index is -0.128. The fourth-order valence-electron chi connectivity index (χ4n) is 4.46. The van der Waals surface area contributed by atoms with Gasteiger partial charge < -0.3 is 4.74 Å². The van der Waals surface area contributed by atoms with E-state index >= 15 is 0 Å². The Morgan fingerprint density at radius 1 is 0.786 bits per heavy atom. The first-order valence-electron chi connectivity index (χ1n) is 13.8. The highest BCUT2D eigenvalue weighted by Gasteiger charge is 2.11. The van der Waals surface area contributed by atoms with E-state index in [2.05, 4.69) is 75.3 Å². The number of nitrogens with zero attached hydrogens (tertiary/aromatic N) is 2. The van der Waals surface area contributed by atoms with Gasteiger partial charge in [-0.05, 0) is 83.7 Å². The van der Waals surface area contributed by atoms with Crippen molar-refractivity contribution in [1.82, 2.24) is 14.6 Å². The van der Waals surface area contributed by atoms with Gasteiger partial charge in [0.25, 0.3) is 5.91 Å². The van der Waals surface area contributed by atoms with Crippen molar-refractivity contribution in [3.63, 3.8) is 0 Å². The van der Waals surface area contributed by atoms with Crippen LogP contribution in [0.4, 0.5) is 0 Å². The number of nitrogens with one attached hydrogen (secondary N) is 1. The lowest BCUT2D eigenvalue weighted by molar-refractivity contribution is 0.0984. The summed E-state index contributed by atoms with van der Waals surface area (Å²) in [6.07, 6.45) is 1.77. The number of pyridine rings is 1. The molecule has 7 heteroatoms. The van der Waals surface area contributed by atoms with Gasteiger partial charge in [-0.25, -0.2) is 0 Å². The Kier molecular flexibility index (Phi) is 10.7. The number of hydrogen-bond donors (Lipinski definition) is 1. The summed E-state index contributed by atoms with van der Waals surface area (Å²) in [5, 5.41) is 0. The van der Waals surface area contributed by atoms with Gasteiger partial charge in [0.2, 0.25) is 0 Å². The van der Waals surface area contributed by atoms with Crippen molar-refractivity contribution in [2.75, 3.05) is 19.4 Å². The van der Waals surface area contributed by atoms with Crippen molar-refractivity contribution >= 4 is 29.6 Å². The molecule has 0 spiro atoms. The lowest BCUT2D eigenvalue weighted by Gasteiger charge is -2.23. The van der Waals surface area contributed by atoms with Gasteiger partial charge in [-0.2, -0.15) is 0 Å². The van der Waals surface area contributed by atoms with Gasteiger partial charge in [-0.15, -0.1) is 11.8 Å². The zero-order valence-electron chi connectivity index (χ0n) is 23.5. The fraction of sp³-hybridized carbons (Fsp3) is 0.143. The normalized spacial score (nSPS) is 10.9. The Labute approximate surface area is 256 Å². The SMILES string of the molecule is COc1cccc(CN(CCSc2ccccc2)Cc2ccc(SNC(=O)c3ccc(-c4ccccn4)cc3)cc2)c1. The summed E-state index contributed by atoms with van der Waals surface area (Å²) in [6, 6.07) is 40.5. The second kappa shape index (κ2) is 15.3. The van der Waals surface area contributed by atoms with Gasteiger partial charge in [-0.3, -0.25) is 19.4 Å². The van der Waals surface area contributed by atoms with Crippen molar-refractivity contribution < 1.29 is 9.53 Å². The minimum absolute atomic E-state index is 0.128. The zero-order valence-corrected chi connectivity index (χ0v) is 25.1. The molecule has 0 unspecified atom stereocenters. The number of methoxy groups -OCH3 is 1. The van der Waals surface area contributed by atoms with Gasteiger partial charge >= 0.3 is 0 Å². The molecule has 4 aromatic carbocycles. The van der Waals surface area contributed by atoms with E-state index in [9.17, 15) is 4.79 Å². The topological polar surface area (TPSA) is 54.5 Å². The molecule has 0 atom stereocenters. The summed E-state index contributed by atoms with van der Waals surface area (Å²) in [7, 11) is 1.70. The third-order valence-electron chi connectivity index (χ3n) is 6.66. The van der Waals surface area contributed by atoms with Crippen LogP contribution in [0, 0.1) is 0 Å². The summed E-state index contributed by atoms with van der Waals surface area (Å²) >= 11 is 3.20. The molecule has 1 N–H and O–H groups in total. The van der Waals surface area contributed by atoms with Crippen molar-refractivity contribution in [2.45, 2.75) is 22.9 Å². The minimum Gasteiger partial charge on any atom is -0.497 e. The number of ether oxygens (including phenoxy) is 1. The molecule has 42 heavy (non-hydrogen) atoms. The summed E-state index contributed by atoms with van der Waals surface area (Å²) in [4.78, 5) is 21.8. The summed E-state index contributed by atoms with van der Waals surface area (Å²) in [5.74, 6) is 1.74. The molecule has 1 heterocycles. The molecule has 0 aliphatic carbocycles. The number of carbonyl (C=O) groups excluding carboxylic acids is 1. The Morgan fingerprint density at radius 3 is 2.29 bits per heavy atom. The summed E-state index contributed by atoms with van der Waals surface area (Å²) in [6.45, 7) is 2.60. The highest BCUT2D eigenvalue weighted by atomic mass is 32.2. The predicted octanol–water partition coefficient (Wildman–Crippen LogP) is 7.99. The first-order chi connectivity index (χ1) is 20.7. The molecular weight excluding hydrogens is 559 g/mol. The van der Waals surface area contributed by atoms with Crippen LogP contribution in [-0.2, 0) is 13.1 Å². The second-order valence-electron chi connectivity index (χ2n) is 9.69. The lowest BCUT2D eigenvalue weighted by Crippen LogP contribution is -2.25. The van der Waals surface area contributed by atoms with E-state index < -0.39 is 0 Å². The number of amides is 1. The fourth-order valence-corrected chi connectivity index (χ4v) is 6.00. The van der Waals surface area contributed by atoms with E-state index in [0.717, 1.165) is 47.3 Å². The van der Waals surface area contributed by atoms with E-state index in [4.69, 9.17) is 4.74 Å². The predicted molar refractivity (Wildman–Crippen MR) is 174 cm³/mol.